The SMILES string of the molecule is NCC(CC(N)=O)Nc1ccc(Br)c(Cl)c1. The Kier molecular flexibility index (Phi) is 5.05. The first-order chi connectivity index (χ1) is 7.52. The number of amides is 1. The van der Waals surface area contributed by atoms with E-state index in [2.05, 4.69) is 21.2 Å². The van der Waals surface area contributed by atoms with Gasteiger partial charge in [0.25, 0.3) is 0 Å². The first-order valence-electron chi connectivity index (χ1n) is 4.73. The highest BCUT2D eigenvalue weighted by molar-refractivity contribution is 9.10. The minimum absolute atomic E-state index is 0.172. The Labute approximate surface area is 107 Å². The van der Waals surface area contributed by atoms with Crippen LogP contribution in [0.5, 0.6) is 0 Å². The van der Waals surface area contributed by atoms with Gasteiger partial charge >= 0.3 is 0 Å². The molecule has 0 heterocycles. The van der Waals surface area contributed by atoms with Gasteiger partial charge in [0.2, 0.25) is 5.91 Å². The number of benzene rings is 1. The molecule has 1 aromatic rings. The molecule has 0 radical (unpaired) electrons. The number of nitrogens with one attached hydrogen (secondary N) is 1. The van der Waals surface area contributed by atoms with Gasteiger partial charge in [-0.3, -0.25) is 4.79 Å². The van der Waals surface area contributed by atoms with Crippen molar-refractivity contribution in [3.63, 3.8) is 0 Å². The molecule has 4 nitrogen and oxygen atoms in total. The second kappa shape index (κ2) is 6.08. The molecule has 0 fully saturated rings. The predicted molar refractivity (Wildman–Crippen MR) is 69.4 cm³/mol. The Bertz CT molecular complexity index is 386. The molecule has 0 saturated heterocycles. The lowest BCUT2D eigenvalue weighted by Gasteiger charge is -2.16. The number of rotatable bonds is 5. The van der Waals surface area contributed by atoms with Crippen molar-refractivity contribution < 1.29 is 4.79 Å². The second-order valence-electron chi connectivity index (χ2n) is 3.38. The number of carbonyl (C=O) groups excluding carboxylic acids is 1. The maximum absolute atomic E-state index is 10.8. The second-order valence-corrected chi connectivity index (χ2v) is 4.64. The summed E-state index contributed by atoms with van der Waals surface area (Å²) in [6.07, 6.45) is 0.199. The standard InChI is InChI=1S/C10H13BrClN3O/c11-8-2-1-6(3-9(8)12)15-7(5-13)4-10(14)16/h1-3,7,15H,4-5,13H2,(H2,14,16). The van der Waals surface area contributed by atoms with Crippen LogP contribution in [0.15, 0.2) is 22.7 Å². The van der Waals surface area contributed by atoms with Gasteiger partial charge in [0, 0.05) is 29.2 Å². The van der Waals surface area contributed by atoms with Gasteiger partial charge in [0.15, 0.2) is 0 Å². The van der Waals surface area contributed by atoms with E-state index in [9.17, 15) is 4.79 Å². The van der Waals surface area contributed by atoms with Crippen molar-refractivity contribution in [1.29, 1.82) is 0 Å². The fourth-order valence-corrected chi connectivity index (χ4v) is 1.68. The zero-order valence-electron chi connectivity index (χ0n) is 8.54. The zero-order chi connectivity index (χ0) is 12.1. The van der Waals surface area contributed by atoms with Crippen molar-refractivity contribution in [3.8, 4) is 0 Å². The van der Waals surface area contributed by atoms with Crippen LogP contribution in [0.4, 0.5) is 5.69 Å². The molecule has 5 N–H and O–H groups in total. The van der Waals surface area contributed by atoms with E-state index in [0.29, 0.717) is 11.6 Å². The average Bonchev–Trinajstić information content (AvgIpc) is 2.22. The summed E-state index contributed by atoms with van der Waals surface area (Å²) in [7, 11) is 0. The van der Waals surface area contributed by atoms with E-state index in [1.807, 2.05) is 12.1 Å². The minimum Gasteiger partial charge on any atom is -0.380 e. The average molecular weight is 307 g/mol. The van der Waals surface area contributed by atoms with Crippen molar-refractivity contribution in [3.05, 3.63) is 27.7 Å². The van der Waals surface area contributed by atoms with E-state index in [1.165, 1.54) is 0 Å². The smallest absolute Gasteiger partial charge is 0.219 e. The van der Waals surface area contributed by atoms with Crippen LogP contribution in [0.3, 0.4) is 0 Å². The third-order valence-electron chi connectivity index (χ3n) is 2.02. The van der Waals surface area contributed by atoms with Crippen molar-refractivity contribution in [1.82, 2.24) is 0 Å². The summed E-state index contributed by atoms with van der Waals surface area (Å²) in [6.45, 7) is 0.330. The Balaban J connectivity index is 2.70. The van der Waals surface area contributed by atoms with Gasteiger partial charge < -0.3 is 16.8 Å². The monoisotopic (exact) mass is 305 g/mol. The summed E-state index contributed by atoms with van der Waals surface area (Å²) in [6, 6.07) is 5.26. The van der Waals surface area contributed by atoms with Crippen LogP contribution in [0.1, 0.15) is 6.42 Å². The van der Waals surface area contributed by atoms with Crippen LogP contribution in [-0.2, 0) is 4.79 Å². The molecule has 1 unspecified atom stereocenters. The summed E-state index contributed by atoms with van der Waals surface area (Å²) >= 11 is 9.23. The lowest BCUT2D eigenvalue weighted by atomic mass is 10.2. The molecule has 6 heteroatoms. The Morgan fingerprint density at radius 1 is 1.56 bits per heavy atom. The maximum atomic E-state index is 10.8. The summed E-state index contributed by atoms with van der Waals surface area (Å²) < 4.78 is 0.818. The molecular formula is C10H13BrClN3O. The Hall–Kier alpha value is -0.780. The van der Waals surface area contributed by atoms with Gasteiger partial charge in [0.05, 0.1) is 5.02 Å². The molecule has 1 rings (SSSR count). The quantitative estimate of drug-likeness (QED) is 0.775. The predicted octanol–water partition coefficient (Wildman–Crippen LogP) is 1.72. The zero-order valence-corrected chi connectivity index (χ0v) is 10.9. The number of anilines is 1. The van der Waals surface area contributed by atoms with Crippen LogP contribution in [0.2, 0.25) is 5.02 Å². The fraction of sp³-hybridized carbons (Fsp3) is 0.300. The van der Waals surface area contributed by atoms with E-state index in [1.54, 1.807) is 6.07 Å². The molecule has 1 atom stereocenters. The minimum atomic E-state index is -0.383. The molecule has 0 saturated carbocycles. The molecule has 88 valence electrons. The van der Waals surface area contributed by atoms with Gasteiger partial charge in [-0.05, 0) is 34.1 Å². The molecule has 0 spiro atoms. The summed E-state index contributed by atoms with van der Waals surface area (Å²) in [5.41, 5.74) is 11.4. The number of nitrogens with two attached hydrogens (primary N) is 2. The first kappa shape index (κ1) is 13.3. The number of carbonyl (C=O) groups is 1. The maximum Gasteiger partial charge on any atom is 0.219 e. The first-order valence-corrected chi connectivity index (χ1v) is 5.90. The summed E-state index contributed by atoms with van der Waals surface area (Å²) in [4.78, 5) is 10.8. The molecule has 0 aliphatic rings. The molecular weight excluding hydrogens is 293 g/mol. The van der Waals surface area contributed by atoms with Crippen LogP contribution < -0.4 is 16.8 Å². The summed E-state index contributed by atoms with van der Waals surface area (Å²) in [5.74, 6) is -0.383. The highest BCUT2D eigenvalue weighted by Gasteiger charge is 2.10. The van der Waals surface area contributed by atoms with E-state index in [4.69, 9.17) is 23.1 Å². The molecule has 1 aromatic carbocycles. The van der Waals surface area contributed by atoms with Crippen molar-refractivity contribution in [2.45, 2.75) is 12.5 Å². The van der Waals surface area contributed by atoms with Gasteiger partial charge in [-0.25, -0.2) is 0 Å². The molecule has 1 amide bonds. The van der Waals surface area contributed by atoms with Crippen molar-refractivity contribution in [2.24, 2.45) is 11.5 Å². The van der Waals surface area contributed by atoms with Gasteiger partial charge in [-0.1, -0.05) is 11.6 Å². The van der Waals surface area contributed by atoms with E-state index in [0.717, 1.165) is 10.2 Å². The Morgan fingerprint density at radius 3 is 2.75 bits per heavy atom. The molecule has 0 aliphatic carbocycles. The number of hydrogen-bond acceptors (Lipinski definition) is 3. The molecule has 16 heavy (non-hydrogen) atoms. The van der Waals surface area contributed by atoms with Crippen LogP contribution in [0, 0.1) is 0 Å². The van der Waals surface area contributed by atoms with Gasteiger partial charge in [-0.15, -0.1) is 0 Å². The highest BCUT2D eigenvalue weighted by atomic mass is 79.9. The van der Waals surface area contributed by atoms with E-state index >= 15 is 0 Å². The van der Waals surface area contributed by atoms with E-state index in [-0.39, 0.29) is 18.4 Å². The van der Waals surface area contributed by atoms with E-state index < -0.39 is 0 Å². The molecule has 0 aromatic heterocycles. The largest absolute Gasteiger partial charge is 0.380 e. The lowest BCUT2D eigenvalue weighted by Crippen LogP contribution is -2.33. The van der Waals surface area contributed by atoms with Crippen LogP contribution in [0.25, 0.3) is 0 Å². The third kappa shape index (κ3) is 4.00. The number of primary amides is 1. The Morgan fingerprint density at radius 2 is 2.25 bits per heavy atom. The molecule has 0 bridgehead atoms. The number of halogens is 2. The van der Waals surface area contributed by atoms with Crippen LogP contribution in [-0.4, -0.2) is 18.5 Å². The van der Waals surface area contributed by atoms with Gasteiger partial charge in [0.1, 0.15) is 0 Å². The van der Waals surface area contributed by atoms with Crippen molar-refractivity contribution in [2.75, 3.05) is 11.9 Å². The summed E-state index contributed by atoms with van der Waals surface area (Å²) in [5, 5.41) is 3.69. The molecule has 0 aliphatic heterocycles. The van der Waals surface area contributed by atoms with Crippen molar-refractivity contribution >= 4 is 39.1 Å². The third-order valence-corrected chi connectivity index (χ3v) is 3.25. The normalized spacial score (nSPS) is 12.2. The number of hydrogen-bond donors (Lipinski definition) is 3. The lowest BCUT2D eigenvalue weighted by molar-refractivity contribution is -0.118. The fourth-order valence-electron chi connectivity index (χ4n) is 1.26. The van der Waals surface area contributed by atoms with Gasteiger partial charge in [-0.2, -0.15) is 0 Å². The van der Waals surface area contributed by atoms with Crippen LogP contribution >= 0.6 is 27.5 Å². The highest BCUT2D eigenvalue weighted by Crippen LogP contribution is 2.25. The topological polar surface area (TPSA) is 81.1 Å².